The van der Waals surface area contributed by atoms with Crippen LogP contribution in [0.1, 0.15) is 32.1 Å². The fraction of sp³-hybridized carbons (Fsp3) is 0.727. The molecule has 1 aromatic heterocycles. The Labute approximate surface area is 90.3 Å². The average molecular weight is 209 g/mol. The zero-order chi connectivity index (χ0) is 10.7. The molecule has 1 saturated carbocycles. The van der Waals surface area contributed by atoms with Gasteiger partial charge in [-0.05, 0) is 12.8 Å². The molecule has 1 heterocycles. The molecule has 1 aliphatic carbocycles. The van der Waals surface area contributed by atoms with Crippen molar-refractivity contribution in [2.24, 2.45) is 7.05 Å². The molecule has 15 heavy (non-hydrogen) atoms. The Hall–Kier alpha value is -1.03. The van der Waals surface area contributed by atoms with E-state index in [0.29, 0.717) is 0 Å². The number of rotatable bonds is 2. The van der Waals surface area contributed by atoms with Crippen molar-refractivity contribution in [3.05, 3.63) is 12.4 Å². The van der Waals surface area contributed by atoms with Crippen molar-refractivity contribution in [2.75, 3.05) is 5.32 Å². The molecule has 0 aromatic carbocycles. The third-order valence-corrected chi connectivity index (χ3v) is 3.04. The summed E-state index contributed by atoms with van der Waals surface area (Å²) >= 11 is 0. The van der Waals surface area contributed by atoms with Crippen LogP contribution in [0.3, 0.4) is 0 Å². The molecule has 2 atom stereocenters. The number of aliphatic hydroxyl groups is 1. The first-order chi connectivity index (χ1) is 7.25. The monoisotopic (exact) mass is 209 g/mol. The predicted octanol–water partition coefficient (Wildman–Crippen LogP) is 1.53. The van der Waals surface area contributed by atoms with E-state index in [0.717, 1.165) is 24.9 Å². The lowest BCUT2D eigenvalue weighted by Gasteiger charge is -2.21. The van der Waals surface area contributed by atoms with Gasteiger partial charge in [0.25, 0.3) is 0 Å². The molecule has 0 aliphatic heterocycles. The first-order valence-corrected chi connectivity index (χ1v) is 5.69. The molecular formula is C11H19N3O. The van der Waals surface area contributed by atoms with E-state index in [4.69, 9.17) is 0 Å². The maximum atomic E-state index is 9.93. The highest BCUT2D eigenvalue weighted by atomic mass is 16.3. The highest BCUT2D eigenvalue weighted by Gasteiger charge is 2.21. The Bertz CT molecular complexity index is 311. The molecule has 2 rings (SSSR count). The summed E-state index contributed by atoms with van der Waals surface area (Å²) in [4.78, 5) is 0. The van der Waals surface area contributed by atoms with E-state index in [9.17, 15) is 5.11 Å². The summed E-state index contributed by atoms with van der Waals surface area (Å²) in [6.45, 7) is 0. The van der Waals surface area contributed by atoms with Gasteiger partial charge >= 0.3 is 0 Å². The number of anilines is 1. The molecule has 0 spiro atoms. The zero-order valence-corrected chi connectivity index (χ0v) is 9.19. The minimum atomic E-state index is -0.215. The van der Waals surface area contributed by atoms with Crippen molar-refractivity contribution < 1.29 is 5.11 Å². The maximum absolute atomic E-state index is 9.93. The molecule has 4 heteroatoms. The van der Waals surface area contributed by atoms with E-state index < -0.39 is 0 Å². The van der Waals surface area contributed by atoms with E-state index in [-0.39, 0.29) is 12.1 Å². The molecule has 4 nitrogen and oxygen atoms in total. The molecule has 1 aliphatic rings. The van der Waals surface area contributed by atoms with Crippen LogP contribution >= 0.6 is 0 Å². The second-order valence-corrected chi connectivity index (χ2v) is 4.36. The van der Waals surface area contributed by atoms with E-state index >= 15 is 0 Å². The van der Waals surface area contributed by atoms with Gasteiger partial charge in [0.15, 0.2) is 0 Å². The fourth-order valence-electron chi connectivity index (χ4n) is 2.17. The summed E-state index contributed by atoms with van der Waals surface area (Å²) in [6, 6.07) is 0.191. The first kappa shape index (κ1) is 10.5. The smallest absolute Gasteiger partial charge is 0.0741 e. The van der Waals surface area contributed by atoms with Crippen LogP contribution in [0.4, 0.5) is 5.69 Å². The molecule has 2 unspecified atom stereocenters. The van der Waals surface area contributed by atoms with Crippen LogP contribution in [0.5, 0.6) is 0 Å². The Kier molecular flexibility index (Phi) is 3.26. The topological polar surface area (TPSA) is 50.1 Å². The quantitative estimate of drug-likeness (QED) is 0.726. The summed E-state index contributed by atoms with van der Waals surface area (Å²) < 4.78 is 1.77. The van der Waals surface area contributed by atoms with Crippen LogP contribution < -0.4 is 5.32 Å². The fourth-order valence-corrected chi connectivity index (χ4v) is 2.17. The average Bonchev–Trinajstić information content (AvgIpc) is 2.50. The normalized spacial score (nSPS) is 27.3. The van der Waals surface area contributed by atoms with Gasteiger partial charge in [0.2, 0.25) is 0 Å². The van der Waals surface area contributed by atoms with Gasteiger partial charge in [-0.1, -0.05) is 19.3 Å². The third kappa shape index (κ3) is 2.72. The number of hydrogen-bond donors (Lipinski definition) is 2. The van der Waals surface area contributed by atoms with Crippen molar-refractivity contribution in [3.8, 4) is 0 Å². The van der Waals surface area contributed by atoms with Crippen molar-refractivity contribution in [1.29, 1.82) is 0 Å². The molecule has 2 N–H and O–H groups in total. The van der Waals surface area contributed by atoms with Gasteiger partial charge in [0, 0.05) is 13.2 Å². The van der Waals surface area contributed by atoms with Crippen molar-refractivity contribution in [1.82, 2.24) is 9.78 Å². The van der Waals surface area contributed by atoms with Gasteiger partial charge in [-0.15, -0.1) is 0 Å². The highest BCUT2D eigenvalue weighted by Crippen LogP contribution is 2.21. The summed E-state index contributed by atoms with van der Waals surface area (Å²) in [6.07, 6.45) is 9.08. The highest BCUT2D eigenvalue weighted by molar-refractivity contribution is 5.39. The molecule has 1 fully saturated rings. The standard InChI is InChI=1S/C11H19N3O/c1-14-8-9(7-12-14)13-10-5-3-2-4-6-11(10)15/h7-8,10-11,13,15H,2-6H2,1H3. The van der Waals surface area contributed by atoms with Crippen molar-refractivity contribution in [3.63, 3.8) is 0 Å². The number of hydrogen-bond acceptors (Lipinski definition) is 3. The molecule has 0 saturated heterocycles. The Morgan fingerprint density at radius 2 is 2.20 bits per heavy atom. The molecule has 0 amide bonds. The molecular weight excluding hydrogens is 190 g/mol. The minimum Gasteiger partial charge on any atom is -0.391 e. The van der Waals surface area contributed by atoms with E-state index in [1.165, 1.54) is 12.8 Å². The minimum absolute atomic E-state index is 0.191. The Morgan fingerprint density at radius 3 is 2.93 bits per heavy atom. The van der Waals surface area contributed by atoms with Gasteiger partial charge in [-0.2, -0.15) is 5.10 Å². The molecule has 84 valence electrons. The Morgan fingerprint density at radius 1 is 1.40 bits per heavy atom. The summed E-state index contributed by atoms with van der Waals surface area (Å²) in [7, 11) is 1.90. The van der Waals surface area contributed by atoms with Crippen LogP contribution in [-0.2, 0) is 7.05 Å². The van der Waals surface area contributed by atoms with Crippen molar-refractivity contribution >= 4 is 5.69 Å². The Balaban J connectivity index is 1.97. The lowest BCUT2D eigenvalue weighted by molar-refractivity contribution is 0.144. The lowest BCUT2D eigenvalue weighted by atomic mass is 10.1. The van der Waals surface area contributed by atoms with Gasteiger partial charge in [0.1, 0.15) is 0 Å². The van der Waals surface area contributed by atoms with Crippen LogP contribution in [0, 0.1) is 0 Å². The number of nitrogens with zero attached hydrogens (tertiary/aromatic N) is 2. The van der Waals surface area contributed by atoms with Crippen molar-refractivity contribution in [2.45, 2.75) is 44.2 Å². The molecule has 1 aromatic rings. The lowest BCUT2D eigenvalue weighted by Crippen LogP contribution is -2.32. The van der Waals surface area contributed by atoms with Crippen LogP contribution in [-0.4, -0.2) is 27.0 Å². The van der Waals surface area contributed by atoms with Crippen LogP contribution in [0.25, 0.3) is 0 Å². The van der Waals surface area contributed by atoms with Gasteiger partial charge in [-0.25, -0.2) is 0 Å². The van der Waals surface area contributed by atoms with Gasteiger partial charge < -0.3 is 10.4 Å². The molecule has 0 bridgehead atoms. The van der Waals surface area contributed by atoms with E-state index in [1.54, 1.807) is 10.9 Å². The number of aryl methyl sites for hydroxylation is 1. The van der Waals surface area contributed by atoms with E-state index in [1.807, 2.05) is 13.2 Å². The molecule has 0 radical (unpaired) electrons. The predicted molar refractivity (Wildman–Crippen MR) is 59.7 cm³/mol. The van der Waals surface area contributed by atoms with Gasteiger partial charge in [-0.3, -0.25) is 4.68 Å². The number of aliphatic hydroxyl groups excluding tert-OH is 1. The van der Waals surface area contributed by atoms with Crippen LogP contribution in [0.2, 0.25) is 0 Å². The number of nitrogens with one attached hydrogen (secondary N) is 1. The van der Waals surface area contributed by atoms with E-state index in [2.05, 4.69) is 10.4 Å². The first-order valence-electron chi connectivity index (χ1n) is 5.69. The summed E-state index contributed by atoms with van der Waals surface area (Å²) in [5.41, 5.74) is 1.00. The summed E-state index contributed by atoms with van der Waals surface area (Å²) in [5, 5.41) is 17.4. The SMILES string of the molecule is Cn1cc(NC2CCCCCC2O)cn1. The van der Waals surface area contributed by atoms with Crippen LogP contribution in [0.15, 0.2) is 12.4 Å². The number of aromatic nitrogens is 2. The van der Waals surface area contributed by atoms with Gasteiger partial charge in [0.05, 0.1) is 24.0 Å². The maximum Gasteiger partial charge on any atom is 0.0741 e. The largest absolute Gasteiger partial charge is 0.391 e. The second kappa shape index (κ2) is 4.66. The summed E-state index contributed by atoms with van der Waals surface area (Å²) in [5.74, 6) is 0. The third-order valence-electron chi connectivity index (χ3n) is 3.04. The second-order valence-electron chi connectivity index (χ2n) is 4.36. The zero-order valence-electron chi connectivity index (χ0n) is 9.19.